The SMILES string of the molecule is C=CCn1c(SCC(=O)Nc2nc(-c3ccc(C)c(C)c3)cs2)nnc1-c1ccccc1. The van der Waals surface area contributed by atoms with Gasteiger partial charge in [0.2, 0.25) is 5.91 Å². The summed E-state index contributed by atoms with van der Waals surface area (Å²) in [6, 6.07) is 16.1. The Bertz CT molecular complexity index is 1250. The summed E-state index contributed by atoms with van der Waals surface area (Å²) < 4.78 is 1.96. The lowest BCUT2D eigenvalue weighted by Gasteiger charge is -2.07. The minimum absolute atomic E-state index is 0.134. The van der Waals surface area contributed by atoms with Crippen molar-refractivity contribution in [3.63, 3.8) is 0 Å². The Morgan fingerprint density at radius 2 is 1.94 bits per heavy atom. The molecule has 162 valence electrons. The summed E-state index contributed by atoms with van der Waals surface area (Å²) in [4.78, 5) is 17.1. The zero-order valence-corrected chi connectivity index (χ0v) is 19.5. The van der Waals surface area contributed by atoms with Gasteiger partial charge in [-0.2, -0.15) is 0 Å². The minimum atomic E-state index is -0.134. The number of nitrogens with zero attached hydrogens (tertiary/aromatic N) is 4. The Kier molecular flexibility index (Phi) is 6.82. The van der Waals surface area contributed by atoms with E-state index in [0.717, 1.165) is 22.6 Å². The zero-order chi connectivity index (χ0) is 22.5. The summed E-state index contributed by atoms with van der Waals surface area (Å²) in [5.74, 6) is 0.833. The number of nitrogens with one attached hydrogen (secondary N) is 1. The standard InChI is InChI=1S/C24H23N5OS2/c1-4-12-29-22(18-8-6-5-7-9-18)27-28-24(29)32-15-21(30)26-23-25-20(14-31-23)19-11-10-16(2)17(3)13-19/h4-11,13-14H,1,12,15H2,2-3H3,(H,25,26,30). The average Bonchev–Trinajstić information content (AvgIpc) is 3.42. The fraction of sp³-hybridized carbons (Fsp3) is 0.167. The molecular formula is C24H23N5OS2. The van der Waals surface area contributed by atoms with E-state index in [4.69, 9.17) is 0 Å². The van der Waals surface area contributed by atoms with E-state index in [1.165, 1.54) is 34.2 Å². The van der Waals surface area contributed by atoms with Crippen LogP contribution in [-0.2, 0) is 11.3 Å². The number of hydrogen-bond acceptors (Lipinski definition) is 6. The molecule has 2 heterocycles. The maximum absolute atomic E-state index is 12.5. The van der Waals surface area contributed by atoms with Gasteiger partial charge >= 0.3 is 0 Å². The molecule has 2 aromatic heterocycles. The number of allylic oxidation sites excluding steroid dienone is 1. The Hall–Kier alpha value is -3.23. The molecule has 0 fully saturated rings. The highest BCUT2D eigenvalue weighted by molar-refractivity contribution is 7.99. The molecule has 1 N–H and O–H groups in total. The van der Waals surface area contributed by atoms with Gasteiger partial charge in [0.25, 0.3) is 0 Å². The molecule has 0 aliphatic carbocycles. The number of amides is 1. The van der Waals surface area contributed by atoms with Gasteiger partial charge in [0.15, 0.2) is 16.1 Å². The van der Waals surface area contributed by atoms with Crippen LogP contribution in [0.4, 0.5) is 5.13 Å². The third-order valence-corrected chi connectivity index (χ3v) is 6.67. The predicted molar refractivity (Wildman–Crippen MR) is 132 cm³/mol. The average molecular weight is 462 g/mol. The maximum Gasteiger partial charge on any atom is 0.236 e. The van der Waals surface area contributed by atoms with E-state index in [9.17, 15) is 4.79 Å². The summed E-state index contributed by atoms with van der Waals surface area (Å²) in [6.07, 6.45) is 1.80. The quantitative estimate of drug-likeness (QED) is 0.273. The van der Waals surface area contributed by atoms with E-state index in [-0.39, 0.29) is 11.7 Å². The molecule has 2 aromatic carbocycles. The van der Waals surface area contributed by atoms with Crippen molar-refractivity contribution in [2.45, 2.75) is 25.5 Å². The maximum atomic E-state index is 12.5. The van der Waals surface area contributed by atoms with E-state index in [1.807, 2.05) is 40.3 Å². The molecule has 0 unspecified atom stereocenters. The van der Waals surface area contributed by atoms with Crippen LogP contribution < -0.4 is 5.32 Å². The molecule has 0 radical (unpaired) electrons. The molecule has 0 aliphatic rings. The van der Waals surface area contributed by atoms with Crippen molar-refractivity contribution in [3.8, 4) is 22.6 Å². The number of hydrogen-bond donors (Lipinski definition) is 1. The number of anilines is 1. The molecule has 1 amide bonds. The largest absolute Gasteiger partial charge is 0.301 e. The zero-order valence-electron chi connectivity index (χ0n) is 17.9. The van der Waals surface area contributed by atoms with Crippen molar-refractivity contribution in [3.05, 3.63) is 77.7 Å². The number of thioether (sulfide) groups is 1. The van der Waals surface area contributed by atoms with Gasteiger partial charge < -0.3 is 5.32 Å². The van der Waals surface area contributed by atoms with Crippen LogP contribution in [-0.4, -0.2) is 31.4 Å². The van der Waals surface area contributed by atoms with Gasteiger partial charge in [0.05, 0.1) is 11.4 Å². The highest BCUT2D eigenvalue weighted by Crippen LogP contribution is 2.27. The van der Waals surface area contributed by atoms with Crippen molar-refractivity contribution in [2.75, 3.05) is 11.1 Å². The lowest BCUT2D eigenvalue weighted by molar-refractivity contribution is -0.113. The van der Waals surface area contributed by atoms with Crippen molar-refractivity contribution >= 4 is 34.1 Å². The van der Waals surface area contributed by atoms with Gasteiger partial charge in [-0.05, 0) is 31.0 Å². The molecule has 32 heavy (non-hydrogen) atoms. The summed E-state index contributed by atoms with van der Waals surface area (Å²) in [5, 5.41) is 14.7. The monoisotopic (exact) mass is 461 g/mol. The molecule has 0 spiro atoms. The van der Waals surface area contributed by atoms with Gasteiger partial charge in [-0.25, -0.2) is 4.98 Å². The van der Waals surface area contributed by atoms with Crippen LogP contribution in [0.3, 0.4) is 0 Å². The first-order chi connectivity index (χ1) is 15.5. The predicted octanol–water partition coefficient (Wildman–Crippen LogP) is 5.60. The van der Waals surface area contributed by atoms with E-state index in [1.54, 1.807) is 6.08 Å². The number of carbonyl (C=O) groups is 1. The molecule has 0 bridgehead atoms. The molecule has 0 atom stereocenters. The lowest BCUT2D eigenvalue weighted by Crippen LogP contribution is -2.14. The van der Waals surface area contributed by atoms with Crippen LogP contribution in [0.5, 0.6) is 0 Å². The molecule has 4 rings (SSSR count). The second kappa shape index (κ2) is 9.93. The number of aromatic nitrogens is 4. The van der Waals surface area contributed by atoms with E-state index in [0.29, 0.717) is 16.8 Å². The number of rotatable bonds is 8. The second-order valence-corrected chi connectivity index (χ2v) is 9.05. The van der Waals surface area contributed by atoms with Crippen molar-refractivity contribution < 1.29 is 4.79 Å². The van der Waals surface area contributed by atoms with Gasteiger partial charge in [0.1, 0.15) is 0 Å². The minimum Gasteiger partial charge on any atom is -0.301 e. The highest BCUT2D eigenvalue weighted by atomic mass is 32.2. The molecular weight excluding hydrogens is 438 g/mol. The molecule has 6 nitrogen and oxygen atoms in total. The number of aryl methyl sites for hydroxylation is 2. The van der Waals surface area contributed by atoms with Gasteiger partial charge in [0, 0.05) is 23.1 Å². The highest BCUT2D eigenvalue weighted by Gasteiger charge is 2.15. The smallest absolute Gasteiger partial charge is 0.236 e. The van der Waals surface area contributed by atoms with E-state index >= 15 is 0 Å². The fourth-order valence-electron chi connectivity index (χ4n) is 3.14. The van der Waals surface area contributed by atoms with Crippen LogP contribution in [0.2, 0.25) is 0 Å². The first-order valence-corrected chi connectivity index (χ1v) is 12.0. The normalized spacial score (nSPS) is 10.8. The summed E-state index contributed by atoms with van der Waals surface area (Å²) >= 11 is 2.76. The van der Waals surface area contributed by atoms with Crippen LogP contribution in [0.15, 0.2) is 71.7 Å². The first kappa shape index (κ1) is 22.0. The third kappa shape index (κ3) is 4.98. The molecule has 0 aliphatic heterocycles. The molecule has 0 saturated heterocycles. The van der Waals surface area contributed by atoms with Crippen LogP contribution in [0.1, 0.15) is 11.1 Å². The lowest BCUT2D eigenvalue weighted by atomic mass is 10.1. The van der Waals surface area contributed by atoms with Gasteiger partial charge in [-0.15, -0.1) is 28.1 Å². The summed E-state index contributed by atoms with van der Waals surface area (Å²) in [5.41, 5.74) is 5.34. The number of benzene rings is 2. The van der Waals surface area contributed by atoms with E-state index in [2.05, 4.69) is 59.1 Å². The molecule has 0 saturated carbocycles. The third-order valence-electron chi connectivity index (χ3n) is 4.95. The molecule has 4 aromatic rings. The van der Waals surface area contributed by atoms with Crippen molar-refractivity contribution in [2.24, 2.45) is 0 Å². The molecule has 8 heteroatoms. The Morgan fingerprint density at radius 1 is 1.12 bits per heavy atom. The van der Waals surface area contributed by atoms with Crippen molar-refractivity contribution in [1.29, 1.82) is 0 Å². The Morgan fingerprint density at radius 3 is 2.69 bits per heavy atom. The van der Waals surface area contributed by atoms with Crippen LogP contribution in [0.25, 0.3) is 22.6 Å². The summed E-state index contributed by atoms with van der Waals surface area (Å²) in [7, 11) is 0. The topological polar surface area (TPSA) is 72.7 Å². The second-order valence-electron chi connectivity index (χ2n) is 7.25. The number of thiazole rings is 1. The first-order valence-electron chi connectivity index (χ1n) is 10.1. The fourth-order valence-corrected chi connectivity index (χ4v) is 4.62. The van der Waals surface area contributed by atoms with E-state index < -0.39 is 0 Å². The van der Waals surface area contributed by atoms with Gasteiger partial charge in [-0.1, -0.05) is 60.3 Å². The summed E-state index contributed by atoms with van der Waals surface area (Å²) in [6.45, 7) is 8.56. The van der Waals surface area contributed by atoms with Crippen LogP contribution in [0, 0.1) is 13.8 Å². The number of carbonyl (C=O) groups excluding carboxylic acids is 1. The van der Waals surface area contributed by atoms with Crippen LogP contribution >= 0.6 is 23.1 Å². The Balaban J connectivity index is 1.41. The Labute approximate surface area is 195 Å². The van der Waals surface area contributed by atoms with Gasteiger partial charge in [-0.3, -0.25) is 9.36 Å². The van der Waals surface area contributed by atoms with Crippen molar-refractivity contribution in [1.82, 2.24) is 19.7 Å².